The molecule has 0 N–H and O–H groups in total. The quantitative estimate of drug-likeness (QED) is 0.119. The van der Waals surface area contributed by atoms with E-state index in [1.54, 1.807) is 25.1 Å². The van der Waals surface area contributed by atoms with Gasteiger partial charge in [0.2, 0.25) is 0 Å². The van der Waals surface area contributed by atoms with Crippen molar-refractivity contribution in [2.75, 3.05) is 51.5 Å². The summed E-state index contributed by atoms with van der Waals surface area (Å²) in [5, 5.41) is 0. The van der Waals surface area contributed by atoms with Gasteiger partial charge in [-0.15, -0.1) is 11.8 Å². The molecule has 0 heterocycles. The van der Waals surface area contributed by atoms with Gasteiger partial charge in [0.15, 0.2) is 5.90 Å². The van der Waals surface area contributed by atoms with Crippen molar-refractivity contribution in [2.24, 2.45) is 4.99 Å². The highest BCUT2D eigenvalue weighted by Crippen LogP contribution is 2.14. The molecule has 206 valence electrons. The Labute approximate surface area is 230 Å². The number of thioether (sulfide) groups is 1. The van der Waals surface area contributed by atoms with Crippen molar-refractivity contribution in [1.29, 1.82) is 0 Å². The number of aliphatic imine (C=N–C) groups is 1. The van der Waals surface area contributed by atoms with E-state index in [9.17, 15) is 0 Å². The van der Waals surface area contributed by atoms with Gasteiger partial charge in [0.25, 0.3) is 0 Å². The number of para-hydroxylation sites is 1. The predicted octanol–water partition coefficient (Wildman–Crippen LogP) is 7.82. The number of methoxy groups -OCH3 is 1. The third-order valence-corrected chi connectivity index (χ3v) is 6.46. The van der Waals surface area contributed by atoms with Crippen LogP contribution in [0.3, 0.4) is 0 Å². The molecule has 0 aromatic heterocycles. The summed E-state index contributed by atoms with van der Waals surface area (Å²) in [5.41, 5.74) is 1.07. The summed E-state index contributed by atoms with van der Waals surface area (Å²) in [7, 11) is 1.65. The van der Waals surface area contributed by atoms with Gasteiger partial charge in [0, 0.05) is 18.5 Å². The Morgan fingerprint density at radius 1 is 0.838 bits per heavy atom. The summed E-state index contributed by atoms with van der Waals surface area (Å²) in [6.07, 6.45) is 8.85. The summed E-state index contributed by atoms with van der Waals surface area (Å²) in [6.45, 7) is 13.5. The number of benzene rings is 2. The van der Waals surface area contributed by atoms with E-state index in [-0.39, 0.29) is 0 Å². The van der Waals surface area contributed by atoms with Crippen molar-refractivity contribution < 1.29 is 14.2 Å². The normalized spacial score (nSPS) is 11.4. The monoisotopic (exact) mass is 528 g/mol. The lowest BCUT2D eigenvalue weighted by atomic mass is 10.2. The highest BCUT2D eigenvalue weighted by molar-refractivity contribution is 7.99. The van der Waals surface area contributed by atoms with E-state index in [1.807, 2.05) is 60.7 Å². The lowest BCUT2D eigenvalue weighted by molar-refractivity contribution is 0.249. The molecule has 2 aromatic rings. The molecule has 37 heavy (non-hydrogen) atoms. The lowest BCUT2D eigenvalue weighted by Crippen LogP contribution is -2.25. The number of unbranched alkanes of at least 4 members (excludes halogenated alkanes) is 2. The first kappa shape index (κ1) is 32.6. The molecule has 0 bridgehead atoms. The molecule has 0 saturated heterocycles. The van der Waals surface area contributed by atoms with Gasteiger partial charge in [-0.25, -0.2) is 4.99 Å². The van der Waals surface area contributed by atoms with Crippen LogP contribution in [0, 0.1) is 0 Å². The van der Waals surface area contributed by atoms with Crippen molar-refractivity contribution in [3.8, 4) is 11.5 Å². The Balaban J connectivity index is 0.00000124. The minimum atomic E-state index is 0.658. The van der Waals surface area contributed by atoms with E-state index < -0.39 is 0 Å². The molecule has 0 unspecified atom stereocenters. The zero-order chi connectivity index (χ0) is 27.0. The molecular formula is C31H48N2O3S. The van der Waals surface area contributed by atoms with Crippen LogP contribution in [-0.4, -0.2) is 62.3 Å². The molecule has 0 saturated carbocycles. The van der Waals surface area contributed by atoms with Crippen LogP contribution in [0.2, 0.25) is 0 Å². The second-order valence-electron chi connectivity index (χ2n) is 8.41. The van der Waals surface area contributed by atoms with Crippen LogP contribution in [-0.2, 0) is 4.74 Å². The van der Waals surface area contributed by atoms with Crippen molar-refractivity contribution in [1.82, 2.24) is 4.90 Å². The number of hydrogen-bond acceptors (Lipinski definition) is 6. The van der Waals surface area contributed by atoms with Gasteiger partial charge in [-0.1, -0.05) is 77.3 Å². The van der Waals surface area contributed by atoms with Crippen molar-refractivity contribution >= 4 is 23.7 Å². The maximum Gasteiger partial charge on any atom is 0.197 e. The van der Waals surface area contributed by atoms with Gasteiger partial charge >= 0.3 is 0 Å². The molecule has 0 fully saturated rings. The number of rotatable bonds is 17. The van der Waals surface area contributed by atoms with Gasteiger partial charge in [-0.2, -0.15) is 0 Å². The topological polar surface area (TPSA) is 43.3 Å². The molecule has 0 aliphatic rings. The minimum Gasteiger partial charge on any atom is -0.494 e. The largest absolute Gasteiger partial charge is 0.494 e. The first-order chi connectivity index (χ1) is 18.2. The fraction of sp³-hybridized carbons (Fsp3) is 0.516. The molecule has 0 atom stereocenters. The van der Waals surface area contributed by atoms with Gasteiger partial charge in [-0.05, 0) is 55.4 Å². The van der Waals surface area contributed by atoms with Gasteiger partial charge in [0.1, 0.15) is 11.5 Å². The molecule has 0 spiro atoms. The zero-order valence-corrected chi connectivity index (χ0v) is 24.5. The van der Waals surface area contributed by atoms with Crippen molar-refractivity contribution in [3.05, 3.63) is 66.4 Å². The predicted molar refractivity (Wildman–Crippen MR) is 162 cm³/mol. The van der Waals surface area contributed by atoms with Crippen LogP contribution in [0.4, 0.5) is 0 Å². The highest BCUT2D eigenvalue weighted by Gasteiger charge is 2.00. The molecule has 5 nitrogen and oxygen atoms in total. The molecule has 0 amide bonds. The van der Waals surface area contributed by atoms with Crippen LogP contribution < -0.4 is 9.47 Å². The van der Waals surface area contributed by atoms with Gasteiger partial charge < -0.3 is 19.1 Å². The highest BCUT2D eigenvalue weighted by atomic mass is 32.2. The van der Waals surface area contributed by atoms with E-state index in [1.165, 1.54) is 19.3 Å². The van der Waals surface area contributed by atoms with Gasteiger partial charge in [0.05, 0.1) is 26.1 Å². The fourth-order valence-corrected chi connectivity index (χ4v) is 4.01. The van der Waals surface area contributed by atoms with E-state index in [2.05, 4.69) is 37.6 Å². The molecule has 2 aromatic carbocycles. The zero-order valence-electron chi connectivity index (χ0n) is 23.7. The smallest absolute Gasteiger partial charge is 0.197 e. The van der Waals surface area contributed by atoms with Crippen LogP contribution >= 0.6 is 11.8 Å². The third-order valence-electron chi connectivity index (χ3n) is 5.56. The Kier molecular flexibility index (Phi) is 20.0. The molecule has 0 aliphatic heterocycles. The summed E-state index contributed by atoms with van der Waals surface area (Å²) >= 11 is 1.73. The first-order valence-corrected chi connectivity index (χ1v) is 14.8. The summed E-state index contributed by atoms with van der Waals surface area (Å²) in [4.78, 5) is 6.83. The van der Waals surface area contributed by atoms with Crippen LogP contribution in [0.1, 0.15) is 58.9 Å². The Morgan fingerprint density at radius 2 is 1.49 bits per heavy atom. The molecule has 6 heteroatoms. The maximum absolute atomic E-state index is 5.84. The Morgan fingerprint density at radius 3 is 2.08 bits per heavy atom. The average Bonchev–Trinajstić information content (AvgIpc) is 2.94. The third kappa shape index (κ3) is 16.8. The summed E-state index contributed by atoms with van der Waals surface area (Å²) < 4.78 is 16.9. The van der Waals surface area contributed by atoms with Crippen molar-refractivity contribution in [2.45, 2.75) is 53.4 Å². The summed E-state index contributed by atoms with van der Waals surface area (Å²) in [6, 6.07) is 17.9. The van der Waals surface area contributed by atoms with E-state index in [4.69, 9.17) is 14.2 Å². The van der Waals surface area contributed by atoms with Crippen LogP contribution in [0.5, 0.6) is 11.5 Å². The fourth-order valence-electron chi connectivity index (χ4n) is 3.30. The minimum absolute atomic E-state index is 0.658. The van der Waals surface area contributed by atoms with Gasteiger partial charge in [-0.3, -0.25) is 0 Å². The first-order valence-electron chi connectivity index (χ1n) is 13.6. The van der Waals surface area contributed by atoms with E-state index in [0.717, 1.165) is 55.5 Å². The molecular weight excluding hydrogens is 480 g/mol. The number of hydrogen-bond donors (Lipinski definition) is 0. The van der Waals surface area contributed by atoms with E-state index in [0.29, 0.717) is 18.3 Å². The molecule has 0 radical (unpaired) electrons. The maximum atomic E-state index is 5.84. The summed E-state index contributed by atoms with van der Waals surface area (Å²) in [5.74, 6) is 4.07. The standard InChI is InChI=1S/C26H36N2O3S.C5H12/c1-4-28(5-2)18-9-19-30-25-14-12-23(13-15-25)16-17-27-26(29-3)22-32-21-20-31-24-10-7-6-8-11-24;1-3-5-4-2/h6-8,10-17H,4-5,9,18-22H2,1-3H3;3-5H2,1-2H3/b17-16+,27-26?;. The van der Waals surface area contributed by atoms with Crippen LogP contribution in [0.15, 0.2) is 65.8 Å². The Hall–Kier alpha value is -2.44. The van der Waals surface area contributed by atoms with Crippen LogP contribution in [0.25, 0.3) is 6.08 Å². The average molecular weight is 529 g/mol. The number of ether oxygens (including phenoxy) is 3. The number of nitrogens with zero attached hydrogens (tertiary/aromatic N) is 2. The molecule has 0 aliphatic carbocycles. The van der Waals surface area contributed by atoms with E-state index >= 15 is 0 Å². The second-order valence-corrected chi connectivity index (χ2v) is 9.51. The SMILES string of the molecule is CCCCC.CCN(CC)CCCOc1ccc(/C=C/N=C(CSCCOc2ccccc2)OC)cc1. The van der Waals surface area contributed by atoms with Crippen molar-refractivity contribution in [3.63, 3.8) is 0 Å². The molecule has 2 rings (SSSR count). The Bertz CT molecular complexity index is 835. The lowest BCUT2D eigenvalue weighted by Gasteiger charge is -2.17. The second kappa shape index (κ2) is 22.7.